The molecular weight excluding hydrogens is 516 g/mol. The van der Waals surface area contributed by atoms with Crippen LogP contribution in [0.2, 0.25) is 0 Å². The van der Waals surface area contributed by atoms with Crippen molar-refractivity contribution in [2.24, 2.45) is 0 Å². The summed E-state index contributed by atoms with van der Waals surface area (Å²) >= 11 is 0. The molecule has 3 aliphatic heterocycles. The molecule has 0 saturated carbocycles. The van der Waals surface area contributed by atoms with E-state index in [1.165, 1.54) is 7.11 Å². The van der Waals surface area contributed by atoms with Crippen molar-refractivity contribution in [3.63, 3.8) is 0 Å². The number of cyclic esters (lactones) is 1. The van der Waals surface area contributed by atoms with Gasteiger partial charge in [0.25, 0.3) is 0 Å². The lowest BCUT2D eigenvalue weighted by atomic mass is 9.83. The zero-order chi connectivity index (χ0) is 28.2. The van der Waals surface area contributed by atoms with Gasteiger partial charge in [-0.15, -0.1) is 0 Å². The normalized spacial score (nSPS) is 21.3. The lowest BCUT2D eigenvalue weighted by molar-refractivity contribution is -0.135. The van der Waals surface area contributed by atoms with Crippen molar-refractivity contribution in [1.29, 1.82) is 0 Å². The molecule has 0 N–H and O–H groups in total. The summed E-state index contributed by atoms with van der Waals surface area (Å²) in [5.74, 6) is 0.890. The van der Waals surface area contributed by atoms with Crippen LogP contribution >= 0.6 is 0 Å². The highest BCUT2D eigenvalue weighted by atomic mass is 16.6. The molecule has 0 bridgehead atoms. The average Bonchev–Trinajstić information content (AvgIpc) is 2.94. The average molecular weight is 551 g/mol. The summed E-state index contributed by atoms with van der Waals surface area (Å²) in [5, 5.41) is 0. The molecular formula is C31H34O9. The first-order valence-corrected chi connectivity index (χ1v) is 13.7. The van der Waals surface area contributed by atoms with Crippen LogP contribution in [0, 0.1) is 0 Å². The number of hydrogen-bond acceptors (Lipinski definition) is 9. The molecule has 0 amide bonds. The Hall–Kier alpha value is -4.01. The highest BCUT2D eigenvalue weighted by Crippen LogP contribution is 2.50. The van der Waals surface area contributed by atoms with Crippen LogP contribution in [0.5, 0.6) is 28.7 Å². The summed E-state index contributed by atoms with van der Waals surface area (Å²) in [5.41, 5.74) is 2.10. The number of hydrogen-bond donors (Lipinski definition) is 0. The molecule has 2 aromatic carbocycles. The van der Waals surface area contributed by atoms with Gasteiger partial charge in [-0.05, 0) is 61.9 Å². The maximum Gasteiger partial charge on any atom is 0.342 e. The summed E-state index contributed by atoms with van der Waals surface area (Å²) in [4.78, 5) is 38.6. The molecule has 9 nitrogen and oxygen atoms in total. The number of allylic oxidation sites excluding steroid dienone is 1. The molecule has 0 saturated heterocycles. The Balaban J connectivity index is 1.65. The monoisotopic (exact) mass is 550 g/mol. The minimum absolute atomic E-state index is 0.0280. The molecule has 3 heterocycles. The van der Waals surface area contributed by atoms with Crippen LogP contribution in [-0.4, -0.2) is 51.3 Å². The largest absolute Gasteiger partial charge is 0.495 e. The maximum atomic E-state index is 13.6. The molecule has 40 heavy (non-hydrogen) atoms. The zero-order valence-corrected chi connectivity index (χ0v) is 23.1. The first kappa shape index (κ1) is 27.6. The molecule has 9 heteroatoms. The van der Waals surface area contributed by atoms with Crippen molar-refractivity contribution in [3.05, 3.63) is 46.5 Å². The number of ketones is 1. The van der Waals surface area contributed by atoms with E-state index in [2.05, 4.69) is 0 Å². The Kier molecular flexibility index (Phi) is 8.28. The van der Waals surface area contributed by atoms with E-state index < -0.39 is 24.0 Å². The standard InChI is InChI=1S/C31H34O9/c1-18-8-7-11-21(32)10-6-4-5-9-19-14-23-28(30(36-3)27(19)31(34)39-18)22(17-26(33)40-23)20-15-24(35-2)29-25(16-20)37-12-13-38-29/h5,9,14-16,18,22H,4,6-8,10-13,17H2,1-3H3/t18-,22+/m0/s1. The predicted octanol–water partition coefficient (Wildman–Crippen LogP) is 5.40. The third kappa shape index (κ3) is 5.64. The molecule has 2 aromatic rings. The first-order chi connectivity index (χ1) is 19.4. The molecule has 0 radical (unpaired) electrons. The SMILES string of the molecule is COc1cc([C@H]2CC(=O)Oc3cc4c(c(OC)c32)C(=O)O[C@@H](C)CCCC(=O)CCCC=C4)cc2c1OCCO2. The molecule has 0 aliphatic carbocycles. The van der Waals surface area contributed by atoms with Gasteiger partial charge in [0.1, 0.15) is 36.1 Å². The number of ether oxygens (including phenoxy) is 6. The van der Waals surface area contributed by atoms with E-state index in [1.54, 1.807) is 19.3 Å². The predicted molar refractivity (Wildman–Crippen MR) is 146 cm³/mol. The summed E-state index contributed by atoms with van der Waals surface area (Å²) in [6.45, 7) is 2.62. The number of methoxy groups -OCH3 is 2. The first-order valence-electron chi connectivity index (χ1n) is 13.7. The van der Waals surface area contributed by atoms with Gasteiger partial charge >= 0.3 is 11.9 Å². The summed E-state index contributed by atoms with van der Waals surface area (Å²) in [7, 11) is 3.04. The lowest BCUT2D eigenvalue weighted by Gasteiger charge is -2.30. The zero-order valence-electron chi connectivity index (χ0n) is 23.1. The maximum absolute atomic E-state index is 13.6. The van der Waals surface area contributed by atoms with E-state index in [4.69, 9.17) is 28.4 Å². The molecule has 0 unspecified atom stereocenters. The van der Waals surface area contributed by atoms with Gasteiger partial charge in [-0.2, -0.15) is 0 Å². The second-order valence-corrected chi connectivity index (χ2v) is 10.2. The third-order valence-corrected chi connectivity index (χ3v) is 7.41. The van der Waals surface area contributed by atoms with Gasteiger partial charge in [-0.3, -0.25) is 9.59 Å². The van der Waals surface area contributed by atoms with Gasteiger partial charge in [0.15, 0.2) is 11.5 Å². The number of carbonyl (C=O) groups is 3. The van der Waals surface area contributed by atoms with E-state index in [0.717, 1.165) is 12.0 Å². The minimum atomic E-state index is -0.536. The van der Waals surface area contributed by atoms with Gasteiger partial charge in [0, 0.05) is 24.3 Å². The Morgan fingerprint density at radius 2 is 1.73 bits per heavy atom. The van der Waals surface area contributed by atoms with Gasteiger partial charge in [0.05, 0.1) is 26.7 Å². The van der Waals surface area contributed by atoms with Crippen LogP contribution in [0.25, 0.3) is 6.08 Å². The van der Waals surface area contributed by atoms with E-state index in [9.17, 15) is 14.4 Å². The van der Waals surface area contributed by atoms with E-state index in [-0.39, 0.29) is 17.8 Å². The Bertz CT molecular complexity index is 1330. The highest BCUT2D eigenvalue weighted by Gasteiger charge is 2.37. The molecule has 0 fully saturated rings. The van der Waals surface area contributed by atoms with Crippen molar-refractivity contribution < 1.29 is 42.8 Å². The quantitative estimate of drug-likeness (QED) is 0.367. The van der Waals surface area contributed by atoms with Crippen LogP contribution < -0.4 is 23.7 Å². The Labute approximate surface area is 233 Å². The number of benzene rings is 2. The van der Waals surface area contributed by atoms with Gasteiger partial charge in [-0.1, -0.05) is 12.2 Å². The fraction of sp³-hybridized carbons (Fsp3) is 0.452. The summed E-state index contributed by atoms with van der Waals surface area (Å²) < 4.78 is 34.6. The smallest absolute Gasteiger partial charge is 0.342 e. The van der Waals surface area contributed by atoms with Crippen LogP contribution in [0.1, 0.15) is 84.8 Å². The number of carbonyl (C=O) groups excluding carboxylic acids is 3. The van der Waals surface area contributed by atoms with Crippen molar-refractivity contribution in [3.8, 4) is 28.7 Å². The number of Topliss-reactive ketones (excluding diaryl/α,β-unsaturated/α-hetero) is 1. The topological polar surface area (TPSA) is 107 Å². The molecule has 5 rings (SSSR count). The number of esters is 2. The fourth-order valence-electron chi connectivity index (χ4n) is 5.49. The van der Waals surface area contributed by atoms with Crippen molar-refractivity contribution in [2.45, 2.75) is 63.9 Å². The highest BCUT2D eigenvalue weighted by molar-refractivity contribution is 5.99. The molecule has 212 valence electrons. The fourth-order valence-corrected chi connectivity index (χ4v) is 5.49. The summed E-state index contributed by atoms with van der Waals surface area (Å²) in [6.07, 6.45) is 6.94. The molecule has 0 spiro atoms. The molecule has 2 atom stereocenters. The molecule has 3 aliphatic rings. The number of rotatable bonds is 3. The third-order valence-electron chi connectivity index (χ3n) is 7.41. The van der Waals surface area contributed by atoms with Crippen LogP contribution in [0.15, 0.2) is 24.3 Å². The van der Waals surface area contributed by atoms with Crippen molar-refractivity contribution in [1.82, 2.24) is 0 Å². The van der Waals surface area contributed by atoms with Gasteiger partial charge < -0.3 is 28.4 Å². The second-order valence-electron chi connectivity index (χ2n) is 10.2. The van der Waals surface area contributed by atoms with E-state index >= 15 is 0 Å². The van der Waals surface area contributed by atoms with E-state index in [0.29, 0.717) is 85.2 Å². The Morgan fingerprint density at radius 1 is 0.925 bits per heavy atom. The summed E-state index contributed by atoms with van der Waals surface area (Å²) in [6, 6.07) is 5.33. The van der Waals surface area contributed by atoms with Crippen LogP contribution in [0.4, 0.5) is 0 Å². The number of fused-ring (bicyclic) bond motifs is 3. The lowest BCUT2D eigenvalue weighted by Crippen LogP contribution is -2.24. The Morgan fingerprint density at radius 3 is 2.52 bits per heavy atom. The van der Waals surface area contributed by atoms with Crippen molar-refractivity contribution in [2.75, 3.05) is 27.4 Å². The molecule has 0 aromatic heterocycles. The minimum Gasteiger partial charge on any atom is -0.495 e. The van der Waals surface area contributed by atoms with Crippen molar-refractivity contribution >= 4 is 23.8 Å². The van der Waals surface area contributed by atoms with Crippen LogP contribution in [-0.2, 0) is 14.3 Å². The van der Waals surface area contributed by atoms with Crippen LogP contribution in [0.3, 0.4) is 0 Å². The van der Waals surface area contributed by atoms with Gasteiger partial charge in [0.2, 0.25) is 5.75 Å². The second kappa shape index (κ2) is 12.0. The van der Waals surface area contributed by atoms with Gasteiger partial charge in [-0.25, -0.2) is 4.79 Å². The van der Waals surface area contributed by atoms with E-state index in [1.807, 2.05) is 25.1 Å².